The Morgan fingerprint density at radius 3 is 2.35 bits per heavy atom. The number of nitrogens with one attached hydrogen (secondary N) is 1. The zero-order valence-electron chi connectivity index (χ0n) is 14.9. The Balaban J connectivity index is 1.81. The van der Waals surface area contributed by atoms with Crippen molar-refractivity contribution in [3.63, 3.8) is 0 Å². The average Bonchev–Trinajstić information content (AvgIpc) is 3.02. The predicted molar refractivity (Wildman–Crippen MR) is 99.4 cm³/mol. The highest BCUT2D eigenvalue weighted by Crippen LogP contribution is 2.36. The number of benzene rings is 2. The maximum Gasteiger partial charge on any atom is 0.214 e. The molecule has 1 aliphatic rings. The lowest BCUT2D eigenvalue weighted by Crippen LogP contribution is -2.40. The lowest BCUT2D eigenvalue weighted by atomic mass is 9.92. The molecule has 3 nitrogen and oxygen atoms in total. The molecule has 1 aliphatic carbocycles. The average molecular weight is 379 g/mol. The Morgan fingerprint density at radius 1 is 1.04 bits per heavy atom. The van der Waals surface area contributed by atoms with Gasteiger partial charge in [0.1, 0.15) is 11.6 Å². The van der Waals surface area contributed by atoms with Crippen molar-refractivity contribution in [2.45, 2.75) is 50.3 Å². The molecule has 0 aromatic heterocycles. The normalized spacial score (nSPS) is 20.7. The van der Waals surface area contributed by atoms with Gasteiger partial charge in [0.15, 0.2) is 0 Å². The minimum atomic E-state index is -3.32. The molecule has 0 bridgehead atoms. The van der Waals surface area contributed by atoms with Crippen molar-refractivity contribution in [1.82, 2.24) is 4.72 Å². The van der Waals surface area contributed by atoms with Gasteiger partial charge >= 0.3 is 0 Å². The lowest BCUT2D eigenvalue weighted by Gasteiger charge is -2.23. The summed E-state index contributed by atoms with van der Waals surface area (Å²) in [5.74, 6) is -1.09. The highest BCUT2D eigenvalue weighted by molar-refractivity contribution is 7.90. The van der Waals surface area contributed by atoms with Crippen molar-refractivity contribution in [2.24, 2.45) is 0 Å². The van der Waals surface area contributed by atoms with Crippen LogP contribution in [0.25, 0.3) is 11.1 Å². The van der Waals surface area contributed by atoms with E-state index in [2.05, 4.69) is 4.72 Å². The van der Waals surface area contributed by atoms with Crippen LogP contribution in [0.2, 0.25) is 0 Å². The second-order valence-electron chi connectivity index (χ2n) is 7.10. The molecule has 2 aromatic rings. The maximum atomic E-state index is 13.9. The van der Waals surface area contributed by atoms with E-state index in [1.54, 1.807) is 26.0 Å². The molecule has 1 fully saturated rings. The van der Waals surface area contributed by atoms with E-state index in [-0.39, 0.29) is 12.0 Å². The molecule has 2 aromatic carbocycles. The summed E-state index contributed by atoms with van der Waals surface area (Å²) in [5.41, 5.74) is 2.05. The van der Waals surface area contributed by atoms with E-state index in [1.165, 1.54) is 12.1 Å². The molecule has 3 rings (SSSR count). The number of hydrogen-bond donors (Lipinski definition) is 1. The van der Waals surface area contributed by atoms with E-state index < -0.39 is 26.9 Å². The molecule has 0 aliphatic heterocycles. The highest BCUT2D eigenvalue weighted by Gasteiger charge is 2.32. The van der Waals surface area contributed by atoms with Crippen LogP contribution in [0.3, 0.4) is 0 Å². The molecule has 1 saturated carbocycles. The summed E-state index contributed by atoms with van der Waals surface area (Å²) in [6.07, 6.45) is 2.69. The summed E-state index contributed by atoms with van der Waals surface area (Å²) in [6.45, 7) is 3.33. The Morgan fingerprint density at radius 2 is 1.73 bits per heavy atom. The molecule has 0 unspecified atom stereocenters. The van der Waals surface area contributed by atoms with Crippen LogP contribution in [0.1, 0.15) is 44.6 Å². The van der Waals surface area contributed by atoms with Crippen LogP contribution in [-0.2, 0) is 10.0 Å². The topological polar surface area (TPSA) is 46.2 Å². The summed E-state index contributed by atoms with van der Waals surface area (Å²) in [7, 11) is -3.32. The SMILES string of the molecule is CC(C)S(=O)(=O)N[C@H]1CCC[C@@H]1c1ccc(-c2ccc(F)cc2F)cc1. The van der Waals surface area contributed by atoms with Crippen molar-refractivity contribution < 1.29 is 17.2 Å². The van der Waals surface area contributed by atoms with Gasteiger partial charge in [0.25, 0.3) is 0 Å². The molecule has 0 saturated heterocycles. The minimum Gasteiger partial charge on any atom is -0.212 e. The van der Waals surface area contributed by atoms with Crippen molar-refractivity contribution in [3.05, 3.63) is 59.7 Å². The Kier molecular flexibility index (Phi) is 5.44. The summed E-state index contributed by atoms with van der Waals surface area (Å²) in [4.78, 5) is 0. The molecule has 0 radical (unpaired) electrons. The molecule has 6 heteroatoms. The predicted octanol–water partition coefficient (Wildman–Crippen LogP) is 4.60. The highest BCUT2D eigenvalue weighted by atomic mass is 32.2. The molecule has 1 N–H and O–H groups in total. The maximum absolute atomic E-state index is 13.9. The van der Waals surface area contributed by atoms with Crippen LogP contribution in [0.5, 0.6) is 0 Å². The Labute approximate surface area is 153 Å². The van der Waals surface area contributed by atoms with Gasteiger partial charge in [-0.2, -0.15) is 0 Å². The monoisotopic (exact) mass is 379 g/mol. The smallest absolute Gasteiger partial charge is 0.212 e. The van der Waals surface area contributed by atoms with E-state index in [9.17, 15) is 17.2 Å². The van der Waals surface area contributed by atoms with Gasteiger partial charge in [0, 0.05) is 23.6 Å². The van der Waals surface area contributed by atoms with E-state index in [1.807, 2.05) is 12.1 Å². The van der Waals surface area contributed by atoms with Crippen molar-refractivity contribution >= 4 is 10.0 Å². The van der Waals surface area contributed by atoms with Gasteiger partial charge in [0.2, 0.25) is 10.0 Å². The van der Waals surface area contributed by atoms with Crippen LogP contribution in [0.15, 0.2) is 42.5 Å². The van der Waals surface area contributed by atoms with Gasteiger partial charge < -0.3 is 0 Å². The third-order valence-electron chi connectivity index (χ3n) is 5.03. The molecule has 0 heterocycles. The van der Waals surface area contributed by atoms with Crippen molar-refractivity contribution in [1.29, 1.82) is 0 Å². The largest absolute Gasteiger partial charge is 0.214 e. The second-order valence-corrected chi connectivity index (χ2v) is 9.37. The van der Waals surface area contributed by atoms with Gasteiger partial charge in [-0.05, 0) is 49.9 Å². The van der Waals surface area contributed by atoms with Gasteiger partial charge in [-0.1, -0.05) is 30.7 Å². The number of hydrogen-bond acceptors (Lipinski definition) is 2. The van der Waals surface area contributed by atoms with Crippen molar-refractivity contribution in [3.8, 4) is 11.1 Å². The van der Waals surface area contributed by atoms with E-state index in [4.69, 9.17) is 0 Å². The second kappa shape index (κ2) is 7.45. The number of halogens is 2. The van der Waals surface area contributed by atoms with Crippen molar-refractivity contribution in [2.75, 3.05) is 0 Å². The molecular weight excluding hydrogens is 356 g/mol. The zero-order valence-corrected chi connectivity index (χ0v) is 15.7. The zero-order chi connectivity index (χ0) is 18.9. The third kappa shape index (κ3) is 3.96. The number of sulfonamides is 1. The summed E-state index contributed by atoms with van der Waals surface area (Å²) >= 11 is 0. The van der Waals surface area contributed by atoms with Gasteiger partial charge in [0.05, 0.1) is 5.25 Å². The third-order valence-corrected chi connectivity index (χ3v) is 6.91. The molecule has 140 valence electrons. The molecule has 0 amide bonds. The molecule has 0 spiro atoms. The standard InChI is InChI=1S/C20H23F2NO2S/c1-13(2)26(24,25)23-20-5-3-4-18(20)15-8-6-14(7-9-15)17-11-10-16(21)12-19(17)22/h6-13,18,20,23H,3-5H2,1-2H3/t18-,20+/m1/s1. The van der Waals surface area contributed by atoms with Gasteiger partial charge in [-0.15, -0.1) is 0 Å². The Bertz CT molecular complexity index is 879. The summed E-state index contributed by atoms with van der Waals surface area (Å²) < 4.78 is 54.2. The van der Waals surface area contributed by atoms with Crippen LogP contribution < -0.4 is 4.72 Å². The quantitative estimate of drug-likeness (QED) is 0.826. The van der Waals surface area contributed by atoms with E-state index in [0.717, 1.165) is 30.9 Å². The van der Waals surface area contributed by atoms with E-state index >= 15 is 0 Å². The first kappa shape index (κ1) is 19.0. The fourth-order valence-corrected chi connectivity index (χ4v) is 4.46. The fourth-order valence-electron chi connectivity index (χ4n) is 3.48. The lowest BCUT2D eigenvalue weighted by molar-refractivity contribution is 0.519. The molecular formula is C20H23F2NO2S. The van der Waals surface area contributed by atoms with E-state index in [0.29, 0.717) is 11.1 Å². The van der Waals surface area contributed by atoms with Crippen LogP contribution >= 0.6 is 0 Å². The summed E-state index contributed by atoms with van der Waals surface area (Å²) in [6, 6.07) is 10.8. The van der Waals surface area contributed by atoms with Gasteiger partial charge in [-0.3, -0.25) is 0 Å². The number of rotatable bonds is 5. The minimum absolute atomic E-state index is 0.107. The first-order valence-electron chi connectivity index (χ1n) is 8.84. The Hall–Kier alpha value is -1.79. The van der Waals surface area contributed by atoms with Gasteiger partial charge in [-0.25, -0.2) is 21.9 Å². The first-order chi connectivity index (χ1) is 12.3. The summed E-state index contributed by atoms with van der Waals surface area (Å²) in [5, 5.41) is -0.465. The fraction of sp³-hybridized carbons (Fsp3) is 0.400. The van der Waals surface area contributed by atoms with Crippen LogP contribution in [-0.4, -0.2) is 19.7 Å². The molecule has 26 heavy (non-hydrogen) atoms. The first-order valence-corrected chi connectivity index (χ1v) is 10.4. The van der Waals surface area contributed by atoms with Crippen LogP contribution in [0.4, 0.5) is 8.78 Å². The van der Waals surface area contributed by atoms with Crippen LogP contribution in [0, 0.1) is 11.6 Å². The molecule has 2 atom stereocenters.